The van der Waals surface area contributed by atoms with E-state index in [-0.39, 0.29) is 13.2 Å². The molecule has 2 unspecified atom stereocenters. The van der Waals surface area contributed by atoms with Crippen LogP contribution < -0.4 is 5.32 Å². The van der Waals surface area contributed by atoms with Crippen LogP contribution in [0.5, 0.6) is 0 Å². The summed E-state index contributed by atoms with van der Waals surface area (Å²) in [5.74, 6) is 0. The number of amides is 1. The molecule has 2 rings (SSSR count). The number of aryl methyl sites for hydroxylation is 1. The molecule has 2 aromatic rings. The van der Waals surface area contributed by atoms with Gasteiger partial charge in [-0.05, 0) is 12.5 Å². The first-order valence-electron chi connectivity index (χ1n) is 6.79. The zero-order chi connectivity index (χ0) is 15.9. The van der Waals surface area contributed by atoms with Crippen LogP contribution in [0.1, 0.15) is 21.6 Å². The van der Waals surface area contributed by atoms with Gasteiger partial charge in [-0.2, -0.15) is 0 Å². The molecule has 22 heavy (non-hydrogen) atoms. The number of nitrogens with zero attached hydrogens (tertiary/aromatic N) is 1. The normalized spacial score (nSPS) is 13.4. The van der Waals surface area contributed by atoms with Gasteiger partial charge in [0.25, 0.3) is 0 Å². The summed E-state index contributed by atoms with van der Waals surface area (Å²) >= 11 is 1.30. The van der Waals surface area contributed by atoms with Gasteiger partial charge < -0.3 is 20.3 Å². The third-order valence-corrected chi connectivity index (χ3v) is 3.91. The van der Waals surface area contributed by atoms with E-state index in [1.807, 2.05) is 37.3 Å². The van der Waals surface area contributed by atoms with Crippen molar-refractivity contribution < 1.29 is 19.7 Å². The monoisotopic (exact) mass is 322 g/mol. The van der Waals surface area contributed by atoms with Gasteiger partial charge in [-0.25, -0.2) is 9.78 Å². The fourth-order valence-electron chi connectivity index (χ4n) is 1.75. The lowest BCUT2D eigenvalue weighted by Crippen LogP contribution is -2.35. The minimum Gasteiger partial charge on any atom is -0.445 e. The number of hydrogen-bond acceptors (Lipinski definition) is 6. The molecule has 1 heterocycles. The van der Waals surface area contributed by atoms with Crippen LogP contribution in [0.2, 0.25) is 0 Å². The number of aliphatic hydroxyl groups excluding tert-OH is 2. The standard InChI is InChI=1S/C15H18N2O4S/c1-10-7-16-14(22-10)13(19)12(18)8-17-15(20)21-9-11-5-3-2-4-6-11/h2-7,12-13,18-19H,8-9H2,1H3,(H,17,20). The highest BCUT2D eigenvalue weighted by Crippen LogP contribution is 2.21. The average molecular weight is 322 g/mol. The van der Waals surface area contributed by atoms with E-state index in [4.69, 9.17) is 4.74 Å². The maximum absolute atomic E-state index is 11.5. The Balaban J connectivity index is 1.73. The summed E-state index contributed by atoms with van der Waals surface area (Å²) < 4.78 is 5.01. The van der Waals surface area contributed by atoms with Crippen molar-refractivity contribution >= 4 is 17.4 Å². The van der Waals surface area contributed by atoms with E-state index in [1.54, 1.807) is 6.20 Å². The summed E-state index contributed by atoms with van der Waals surface area (Å²) in [5, 5.41) is 22.6. The maximum atomic E-state index is 11.5. The molecule has 0 fully saturated rings. The highest BCUT2D eigenvalue weighted by Gasteiger charge is 2.22. The first-order chi connectivity index (χ1) is 10.6. The number of carbonyl (C=O) groups excluding carboxylic acids is 1. The van der Waals surface area contributed by atoms with Gasteiger partial charge in [-0.3, -0.25) is 0 Å². The number of aliphatic hydroxyl groups is 2. The number of benzene rings is 1. The molecular weight excluding hydrogens is 304 g/mol. The van der Waals surface area contributed by atoms with Gasteiger partial charge >= 0.3 is 6.09 Å². The minimum atomic E-state index is -1.14. The van der Waals surface area contributed by atoms with Crippen LogP contribution in [-0.4, -0.2) is 33.9 Å². The lowest BCUT2D eigenvalue weighted by Gasteiger charge is -2.16. The van der Waals surface area contributed by atoms with E-state index < -0.39 is 18.3 Å². The van der Waals surface area contributed by atoms with Crippen LogP contribution in [0.15, 0.2) is 36.5 Å². The topological polar surface area (TPSA) is 91.7 Å². The molecule has 1 aromatic carbocycles. The SMILES string of the molecule is Cc1cnc(C(O)C(O)CNC(=O)OCc2ccccc2)s1. The molecule has 0 radical (unpaired) electrons. The first-order valence-corrected chi connectivity index (χ1v) is 7.61. The van der Waals surface area contributed by atoms with Gasteiger partial charge in [0.05, 0.1) is 0 Å². The predicted octanol–water partition coefficient (Wildman–Crippen LogP) is 1.77. The zero-order valence-corrected chi connectivity index (χ0v) is 12.9. The van der Waals surface area contributed by atoms with Gasteiger partial charge in [-0.1, -0.05) is 30.3 Å². The summed E-state index contributed by atoms with van der Waals surface area (Å²) in [6.45, 7) is 1.89. The fourth-order valence-corrected chi connectivity index (χ4v) is 2.57. The Kier molecular flexibility index (Phi) is 5.88. The number of thiazole rings is 1. The molecule has 6 nitrogen and oxygen atoms in total. The van der Waals surface area contributed by atoms with E-state index in [1.165, 1.54) is 11.3 Å². The highest BCUT2D eigenvalue weighted by atomic mass is 32.1. The van der Waals surface area contributed by atoms with Crippen molar-refractivity contribution in [2.75, 3.05) is 6.54 Å². The first kappa shape index (κ1) is 16.4. The van der Waals surface area contributed by atoms with Crippen LogP contribution in [0.25, 0.3) is 0 Å². The number of ether oxygens (including phenoxy) is 1. The molecular formula is C15H18N2O4S. The molecule has 0 aliphatic carbocycles. The summed E-state index contributed by atoms with van der Waals surface area (Å²) in [4.78, 5) is 16.5. The summed E-state index contributed by atoms with van der Waals surface area (Å²) in [6, 6.07) is 9.27. The molecule has 7 heteroatoms. The molecule has 118 valence electrons. The second-order valence-electron chi connectivity index (χ2n) is 4.76. The van der Waals surface area contributed by atoms with Gasteiger partial charge in [0.15, 0.2) is 0 Å². The Bertz CT molecular complexity index is 603. The average Bonchev–Trinajstić information content (AvgIpc) is 2.97. The van der Waals surface area contributed by atoms with Gasteiger partial charge in [0, 0.05) is 17.6 Å². The van der Waals surface area contributed by atoms with Crippen LogP contribution >= 0.6 is 11.3 Å². The lowest BCUT2D eigenvalue weighted by molar-refractivity contribution is 0.0183. The molecule has 1 aromatic heterocycles. The number of hydrogen-bond donors (Lipinski definition) is 3. The molecule has 3 N–H and O–H groups in total. The van der Waals surface area contributed by atoms with E-state index in [0.717, 1.165) is 10.4 Å². The quantitative estimate of drug-likeness (QED) is 0.754. The zero-order valence-electron chi connectivity index (χ0n) is 12.1. The van der Waals surface area contributed by atoms with Crippen molar-refractivity contribution in [3.05, 3.63) is 52.0 Å². The van der Waals surface area contributed by atoms with Crippen LogP contribution in [0, 0.1) is 6.92 Å². The smallest absolute Gasteiger partial charge is 0.407 e. The number of nitrogens with one attached hydrogen (secondary N) is 1. The van der Waals surface area contributed by atoms with Crippen molar-refractivity contribution in [3.63, 3.8) is 0 Å². The molecule has 0 aliphatic rings. The van der Waals surface area contributed by atoms with E-state index in [0.29, 0.717) is 5.01 Å². The Labute approximate surface area is 132 Å². The second kappa shape index (κ2) is 7.88. The lowest BCUT2D eigenvalue weighted by atomic mass is 10.2. The van der Waals surface area contributed by atoms with Gasteiger partial charge in [0.2, 0.25) is 0 Å². The summed E-state index contributed by atoms with van der Waals surface area (Å²) in [7, 11) is 0. The Hall–Kier alpha value is -1.96. The summed E-state index contributed by atoms with van der Waals surface area (Å²) in [6.07, 6.45) is -1.30. The third kappa shape index (κ3) is 4.80. The van der Waals surface area contributed by atoms with Crippen LogP contribution in [-0.2, 0) is 11.3 Å². The molecule has 0 bridgehead atoms. The Morgan fingerprint density at radius 1 is 1.36 bits per heavy atom. The minimum absolute atomic E-state index is 0.118. The number of aromatic nitrogens is 1. The molecule has 0 spiro atoms. The van der Waals surface area contributed by atoms with E-state index in [9.17, 15) is 15.0 Å². The molecule has 0 saturated carbocycles. The van der Waals surface area contributed by atoms with Crippen molar-refractivity contribution in [2.24, 2.45) is 0 Å². The van der Waals surface area contributed by atoms with Crippen molar-refractivity contribution in [1.82, 2.24) is 10.3 Å². The van der Waals surface area contributed by atoms with E-state index in [2.05, 4.69) is 10.3 Å². The number of rotatable bonds is 6. The largest absolute Gasteiger partial charge is 0.445 e. The number of carbonyl (C=O) groups is 1. The third-order valence-electron chi connectivity index (χ3n) is 2.92. The van der Waals surface area contributed by atoms with Crippen molar-refractivity contribution in [1.29, 1.82) is 0 Å². The van der Waals surface area contributed by atoms with Crippen LogP contribution in [0.4, 0.5) is 4.79 Å². The molecule has 0 saturated heterocycles. The van der Waals surface area contributed by atoms with Gasteiger partial charge in [0.1, 0.15) is 23.8 Å². The second-order valence-corrected chi connectivity index (χ2v) is 6.03. The van der Waals surface area contributed by atoms with Gasteiger partial charge in [-0.15, -0.1) is 11.3 Å². The highest BCUT2D eigenvalue weighted by molar-refractivity contribution is 7.11. The molecule has 1 amide bonds. The molecule has 2 atom stereocenters. The van der Waals surface area contributed by atoms with Crippen molar-refractivity contribution in [2.45, 2.75) is 25.7 Å². The Morgan fingerprint density at radius 3 is 2.73 bits per heavy atom. The maximum Gasteiger partial charge on any atom is 0.407 e. The fraction of sp³-hybridized carbons (Fsp3) is 0.333. The summed E-state index contributed by atoms with van der Waals surface area (Å²) in [5.41, 5.74) is 0.872. The Morgan fingerprint density at radius 2 is 2.09 bits per heavy atom. The molecule has 0 aliphatic heterocycles. The van der Waals surface area contributed by atoms with Crippen LogP contribution in [0.3, 0.4) is 0 Å². The van der Waals surface area contributed by atoms with E-state index >= 15 is 0 Å². The van der Waals surface area contributed by atoms with Crippen molar-refractivity contribution in [3.8, 4) is 0 Å². The number of alkyl carbamates (subject to hydrolysis) is 1. The predicted molar refractivity (Wildman–Crippen MR) is 82.4 cm³/mol.